The van der Waals surface area contributed by atoms with Crippen molar-refractivity contribution in [2.45, 2.75) is 77.7 Å². The van der Waals surface area contributed by atoms with Gasteiger partial charge in [-0.05, 0) is 46.0 Å². The van der Waals surface area contributed by atoms with Gasteiger partial charge < -0.3 is 10.2 Å². The van der Waals surface area contributed by atoms with Crippen LogP contribution in [0.1, 0.15) is 71.6 Å². The van der Waals surface area contributed by atoms with Crippen LogP contribution >= 0.6 is 0 Å². The molecular weight excluding hydrogens is 300 g/mol. The highest BCUT2D eigenvalue weighted by Crippen LogP contribution is 2.11. The number of carbonyl (C=O) groups is 1. The number of unbranched alkanes of at least 4 members (excludes halogenated alkanes) is 5. The number of hydrogen-bond acceptors (Lipinski definition) is 2. The molecule has 3 nitrogen and oxygen atoms in total. The van der Waals surface area contributed by atoms with Crippen molar-refractivity contribution in [3.05, 3.63) is 48.1 Å². The molecule has 24 heavy (non-hydrogen) atoms. The van der Waals surface area contributed by atoms with Crippen molar-refractivity contribution in [3.8, 4) is 0 Å². The van der Waals surface area contributed by atoms with Crippen molar-refractivity contribution in [1.82, 2.24) is 0 Å². The van der Waals surface area contributed by atoms with Crippen molar-refractivity contribution >= 4 is 5.97 Å². The maximum Gasteiger partial charge on any atom is 0.305 e. The third-order valence-electron chi connectivity index (χ3n) is 3.86. The second-order valence-electron chi connectivity index (χ2n) is 6.17. The second kappa shape index (κ2) is 16.3. The van der Waals surface area contributed by atoms with Crippen LogP contribution in [0.5, 0.6) is 0 Å². The van der Waals surface area contributed by atoms with E-state index in [0.717, 1.165) is 6.42 Å². The van der Waals surface area contributed by atoms with Crippen LogP contribution < -0.4 is 0 Å². The predicted octanol–water partition coefficient (Wildman–Crippen LogP) is 5.58. The van der Waals surface area contributed by atoms with Gasteiger partial charge in [0.1, 0.15) is 0 Å². The Morgan fingerprint density at radius 1 is 0.958 bits per heavy atom. The van der Waals surface area contributed by atoms with Gasteiger partial charge >= 0.3 is 5.97 Å². The van der Waals surface area contributed by atoms with Crippen LogP contribution in [0, 0.1) is 0 Å². The Labute approximate surface area is 147 Å². The van der Waals surface area contributed by atoms with Gasteiger partial charge in [0.05, 0.1) is 12.5 Å². The van der Waals surface area contributed by atoms with Crippen LogP contribution in [-0.4, -0.2) is 22.3 Å². The van der Waals surface area contributed by atoms with E-state index < -0.39 is 12.1 Å². The smallest absolute Gasteiger partial charge is 0.305 e. The first kappa shape index (κ1) is 22.4. The van der Waals surface area contributed by atoms with Crippen LogP contribution in [0.3, 0.4) is 0 Å². The van der Waals surface area contributed by atoms with E-state index in [9.17, 15) is 9.90 Å². The predicted molar refractivity (Wildman–Crippen MR) is 102 cm³/mol. The van der Waals surface area contributed by atoms with Crippen LogP contribution in [0.2, 0.25) is 0 Å². The van der Waals surface area contributed by atoms with Gasteiger partial charge in [-0.2, -0.15) is 0 Å². The van der Waals surface area contributed by atoms with Crippen molar-refractivity contribution in [1.29, 1.82) is 0 Å². The average molecular weight is 335 g/mol. The number of carboxylic acids is 1. The molecule has 136 valence electrons. The molecule has 0 radical (unpaired) electrons. The Kier molecular flexibility index (Phi) is 15.2. The molecule has 0 aromatic rings. The Morgan fingerprint density at radius 3 is 2.25 bits per heavy atom. The highest BCUT2D eigenvalue weighted by atomic mass is 16.4. The number of carboxylic acid groups (broad SMARTS) is 1. The van der Waals surface area contributed by atoms with Gasteiger partial charge in [-0.1, -0.05) is 67.4 Å². The molecule has 0 aliphatic heterocycles. The summed E-state index contributed by atoms with van der Waals surface area (Å²) in [6.07, 6.45) is 22.1. The summed E-state index contributed by atoms with van der Waals surface area (Å²) in [4.78, 5) is 10.4. The molecule has 0 saturated carbocycles. The van der Waals surface area contributed by atoms with E-state index in [-0.39, 0.29) is 6.42 Å². The second-order valence-corrected chi connectivity index (χ2v) is 6.17. The summed E-state index contributed by atoms with van der Waals surface area (Å²) in [5.74, 6) is -0.970. The molecule has 0 aromatic carbocycles. The standard InChI is InChI=1S/C21H34O3/c1-3-19(2)16-14-12-10-8-6-4-5-7-9-11-13-15-17-20(22)18-21(23)24/h3,5,7,9,11,13,15,20,22H,4,6,8,10,12,14,16-18H2,1-2H3,(H,23,24). The zero-order chi connectivity index (χ0) is 18.0. The summed E-state index contributed by atoms with van der Waals surface area (Å²) >= 11 is 0. The molecule has 0 fully saturated rings. The van der Waals surface area contributed by atoms with Gasteiger partial charge in [0.15, 0.2) is 0 Å². The minimum atomic E-state index is -0.970. The normalized spacial score (nSPS) is 14.2. The first-order valence-corrected chi connectivity index (χ1v) is 9.06. The minimum absolute atomic E-state index is 0.205. The molecule has 0 aliphatic carbocycles. The lowest BCUT2D eigenvalue weighted by Gasteiger charge is -2.01. The first-order valence-electron chi connectivity index (χ1n) is 9.06. The van der Waals surface area contributed by atoms with Gasteiger partial charge in [-0.25, -0.2) is 0 Å². The number of allylic oxidation sites excluding steroid dienone is 7. The lowest BCUT2D eigenvalue weighted by atomic mass is 10.1. The Bertz CT molecular complexity index is 430. The van der Waals surface area contributed by atoms with Crippen molar-refractivity contribution < 1.29 is 15.0 Å². The van der Waals surface area contributed by atoms with Gasteiger partial charge in [-0.15, -0.1) is 0 Å². The molecule has 2 N–H and O–H groups in total. The van der Waals surface area contributed by atoms with Gasteiger partial charge in [0.25, 0.3) is 0 Å². The molecule has 1 unspecified atom stereocenters. The van der Waals surface area contributed by atoms with E-state index in [4.69, 9.17) is 5.11 Å². The molecule has 0 rings (SSSR count). The van der Waals surface area contributed by atoms with Crippen LogP contribution in [-0.2, 0) is 4.79 Å². The van der Waals surface area contributed by atoms with Crippen LogP contribution in [0.15, 0.2) is 48.1 Å². The third kappa shape index (κ3) is 16.8. The van der Waals surface area contributed by atoms with E-state index in [1.807, 2.05) is 24.3 Å². The Hall–Kier alpha value is -1.61. The number of hydrogen-bond donors (Lipinski definition) is 2. The molecule has 0 amide bonds. The zero-order valence-electron chi connectivity index (χ0n) is 15.3. The monoisotopic (exact) mass is 334 g/mol. The van der Waals surface area contributed by atoms with Gasteiger partial charge in [-0.3, -0.25) is 4.79 Å². The summed E-state index contributed by atoms with van der Waals surface area (Å²) in [6.45, 7) is 4.31. The Balaban J connectivity index is 3.50. The summed E-state index contributed by atoms with van der Waals surface area (Å²) in [5.41, 5.74) is 1.50. The molecule has 0 saturated heterocycles. The van der Waals surface area contributed by atoms with E-state index >= 15 is 0 Å². The summed E-state index contributed by atoms with van der Waals surface area (Å²) in [6, 6.07) is 0. The molecule has 0 heterocycles. The first-order chi connectivity index (χ1) is 11.6. The van der Waals surface area contributed by atoms with Crippen LogP contribution in [0.25, 0.3) is 0 Å². The van der Waals surface area contributed by atoms with E-state index in [0.29, 0.717) is 6.42 Å². The highest BCUT2D eigenvalue weighted by molar-refractivity contribution is 5.67. The minimum Gasteiger partial charge on any atom is -0.481 e. The molecule has 0 aromatic heterocycles. The maximum absolute atomic E-state index is 10.4. The number of aliphatic hydroxyl groups excluding tert-OH is 1. The molecule has 0 spiro atoms. The SMILES string of the molecule is CC=C(C)CCCCCCCC=CC=CC=CCC(O)CC(=O)O. The zero-order valence-corrected chi connectivity index (χ0v) is 15.3. The highest BCUT2D eigenvalue weighted by Gasteiger charge is 2.06. The van der Waals surface area contributed by atoms with Crippen LogP contribution in [0.4, 0.5) is 0 Å². The van der Waals surface area contributed by atoms with E-state index in [2.05, 4.69) is 26.0 Å². The fraction of sp³-hybridized carbons (Fsp3) is 0.571. The Morgan fingerprint density at radius 2 is 1.58 bits per heavy atom. The third-order valence-corrected chi connectivity index (χ3v) is 3.86. The fourth-order valence-electron chi connectivity index (χ4n) is 2.24. The van der Waals surface area contributed by atoms with Crippen molar-refractivity contribution in [2.24, 2.45) is 0 Å². The topological polar surface area (TPSA) is 57.5 Å². The fourth-order valence-corrected chi connectivity index (χ4v) is 2.24. The lowest BCUT2D eigenvalue weighted by Crippen LogP contribution is -2.11. The number of aliphatic carboxylic acids is 1. The van der Waals surface area contributed by atoms with Crippen molar-refractivity contribution in [3.63, 3.8) is 0 Å². The molecule has 0 bridgehead atoms. The van der Waals surface area contributed by atoms with Gasteiger partial charge in [0, 0.05) is 0 Å². The number of aliphatic hydroxyl groups is 1. The molecule has 3 heteroatoms. The van der Waals surface area contributed by atoms with Gasteiger partial charge in [0.2, 0.25) is 0 Å². The molecule has 0 aliphatic rings. The van der Waals surface area contributed by atoms with E-state index in [1.165, 1.54) is 44.1 Å². The summed E-state index contributed by atoms with van der Waals surface area (Å²) in [5, 5.41) is 17.9. The molecular formula is C21H34O3. The summed E-state index contributed by atoms with van der Waals surface area (Å²) in [7, 11) is 0. The maximum atomic E-state index is 10.4. The quantitative estimate of drug-likeness (QED) is 0.248. The lowest BCUT2D eigenvalue weighted by molar-refractivity contribution is -0.139. The summed E-state index contributed by atoms with van der Waals surface area (Å²) < 4.78 is 0. The largest absolute Gasteiger partial charge is 0.481 e. The number of rotatable bonds is 14. The van der Waals surface area contributed by atoms with Crippen molar-refractivity contribution in [2.75, 3.05) is 0 Å². The average Bonchev–Trinajstić information content (AvgIpc) is 2.54. The van der Waals surface area contributed by atoms with E-state index in [1.54, 1.807) is 6.08 Å². The molecule has 1 atom stereocenters.